The van der Waals surface area contributed by atoms with Crippen LogP contribution in [0.5, 0.6) is 0 Å². The van der Waals surface area contributed by atoms with Crippen molar-refractivity contribution in [2.24, 2.45) is 10.2 Å². The normalized spacial score (nSPS) is 11.3. The average molecular weight is 242 g/mol. The molecule has 0 unspecified atom stereocenters. The third-order valence-corrected chi connectivity index (χ3v) is 2.18. The summed E-state index contributed by atoms with van der Waals surface area (Å²) >= 11 is 0. The van der Waals surface area contributed by atoms with Crippen LogP contribution < -0.4 is 0 Å². The van der Waals surface area contributed by atoms with E-state index in [1.807, 2.05) is 0 Å². The van der Waals surface area contributed by atoms with Gasteiger partial charge in [0.1, 0.15) is 5.76 Å². The van der Waals surface area contributed by atoms with Crippen LogP contribution in [0.4, 0.5) is 0 Å². The molecular formula is C13H10N2O3. The number of carbonyl (C=O) groups is 1. The smallest absolute Gasteiger partial charge is 0.336 e. The van der Waals surface area contributed by atoms with Crippen LogP contribution in [0, 0.1) is 0 Å². The van der Waals surface area contributed by atoms with Gasteiger partial charge in [-0.1, -0.05) is 18.2 Å². The number of nitrogens with zero attached hydrogens (tertiary/aromatic N) is 2. The van der Waals surface area contributed by atoms with Gasteiger partial charge in [-0.05, 0) is 18.2 Å². The Bertz CT molecular complexity index is 586. The van der Waals surface area contributed by atoms with Crippen LogP contribution in [0.1, 0.15) is 21.7 Å². The van der Waals surface area contributed by atoms with Crippen LogP contribution in [-0.2, 0) is 0 Å². The van der Waals surface area contributed by atoms with Gasteiger partial charge in [0.15, 0.2) is 0 Å². The molecule has 1 N–H and O–H groups in total. The van der Waals surface area contributed by atoms with E-state index in [4.69, 9.17) is 9.52 Å². The maximum absolute atomic E-state index is 10.9. The lowest BCUT2D eigenvalue weighted by atomic mass is 10.1. The standard InChI is InChI=1S/C13H10N2O3/c16-13(17)12-6-2-1-4-10(12)8-14-15-9-11-5-3-7-18-11/h1-9H,(H,16,17). The molecular weight excluding hydrogens is 232 g/mol. The van der Waals surface area contributed by atoms with Gasteiger partial charge in [-0.15, -0.1) is 0 Å². The first-order valence-electron chi connectivity index (χ1n) is 5.19. The molecule has 2 aromatic rings. The predicted molar refractivity (Wildman–Crippen MR) is 67.3 cm³/mol. The Balaban J connectivity index is 2.12. The van der Waals surface area contributed by atoms with E-state index >= 15 is 0 Å². The number of rotatable bonds is 4. The Kier molecular flexibility index (Phi) is 3.66. The monoisotopic (exact) mass is 242 g/mol. The van der Waals surface area contributed by atoms with Crippen molar-refractivity contribution in [3.05, 3.63) is 59.5 Å². The van der Waals surface area contributed by atoms with E-state index in [1.165, 1.54) is 24.8 Å². The zero-order chi connectivity index (χ0) is 12.8. The molecule has 2 rings (SSSR count). The molecule has 1 heterocycles. The van der Waals surface area contributed by atoms with E-state index < -0.39 is 5.97 Å². The first-order chi connectivity index (χ1) is 8.77. The van der Waals surface area contributed by atoms with E-state index in [0.29, 0.717) is 11.3 Å². The van der Waals surface area contributed by atoms with Crippen molar-refractivity contribution in [1.29, 1.82) is 0 Å². The fraction of sp³-hybridized carbons (Fsp3) is 0. The second-order valence-electron chi connectivity index (χ2n) is 3.40. The highest BCUT2D eigenvalue weighted by Gasteiger charge is 2.06. The number of aromatic carboxylic acids is 1. The van der Waals surface area contributed by atoms with Gasteiger partial charge < -0.3 is 9.52 Å². The molecule has 0 saturated carbocycles. The molecule has 1 aromatic heterocycles. The highest BCUT2D eigenvalue weighted by molar-refractivity contribution is 5.98. The number of carboxylic acid groups (broad SMARTS) is 1. The van der Waals surface area contributed by atoms with Gasteiger partial charge in [0.25, 0.3) is 0 Å². The highest BCUT2D eigenvalue weighted by Crippen LogP contribution is 2.06. The molecule has 90 valence electrons. The fourth-order valence-electron chi connectivity index (χ4n) is 1.35. The number of carboxylic acids is 1. The molecule has 0 amide bonds. The zero-order valence-electron chi connectivity index (χ0n) is 9.35. The quantitative estimate of drug-likeness (QED) is 0.660. The van der Waals surface area contributed by atoms with Crippen molar-refractivity contribution in [2.45, 2.75) is 0 Å². The Labute approximate surface area is 103 Å². The molecule has 1 aromatic carbocycles. The SMILES string of the molecule is O=C(O)c1ccccc1C=NN=Cc1ccco1. The lowest BCUT2D eigenvalue weighted by Gasteiger charge is -1.97. The van der Waals surface area contributed by atoms with Crippen LogP contribution >= 0.6 is 0 Å². The molecule has 5 nitrogen and oxygen atoms in total. The minimum Gasteiger partial charge on any atom is -0.478 e. The third kappa shape index (κ3) is 2.91. The summed E-state index contributed by atoms with van der Waals surface area (Å²) in [7, 11) is 0. The highest BCUT2D eigenvalue weighted by atomic mass is 16.4. The van der Waals surface area contributed by atoms with Crippen LogP contribution in [-0.4, -0.2) is 23.5 Å². The summed E-state index contributed by atoms with van der Waals surface area (Å²) in [5, 5.41) is 16.5. The lowest BCUT2D eigenvalue weighted by Crippen LogP contribution is -2.00. The van der Waals surface area contributed by atoms with Crippen molar-refractivity contribution >= 4 is 18.4 Å². The molecule has 0 radical (unpaired) electrons. The second-order valence-corrected chi connectivity index (χ2v) is 3.40. The first-order valence-corrected chi connectivity index (χ1v) is 5.19. The third-order valence-electron chi connectivity index (χ3n) is 2.18. The van der Waals surface area contributed by atoms with Gasteiger partial charge in [0.2, 0.25) is 0 Å². The minimum absolute atomic E-state index is 0.189. The van der Waals surface area contributed by atoms with Crippen molar-refractivity contribution in [1.82, 2.24) is 0 Å². The van der Waals surface area contributed by atoms with Crippen LogP contribution in [0.15, 0.2) is 57.3 Å². The van der Waals surface area contributed by atoms with E-state index in [1.54, 1.807) is 30.3 Å². The molecule has 18 heavy (non-hydrogen) atoms. The van der Waals surface area contributed by atoms with Gasteiger partial charge in [0, 0.05) is 5.56 Å². The van der Waals surface area contributed by atoms with Crippen LogP contribution in [0.25, 0.3) is 0 Å². The molecule has 5 heteroatoms. The Morgan fingerprint density at radius 1 is 1.11 bits per heavy atom. The summed E-state index contributed by atoms with van der Waals surface area (Å²) in [5.74, 6) is -0.411. The van der Waals surface area contributed by atoms with Gasteiger partial charge in [-0.2, -0.15) is 10.2 Å². The maximum Gasteiger partial charge on any atom is 0.336 e. The van der Waals surface area contributed by atoms with Gasteiger partial charge in [0.05, 0.1) is 24.3 Å². The van der Waals surface area contributed by atoms with Crippen molar-refractivity contribution in [3.8, 4) is 0 Å². The largest absolute Gasteiger partial charge is 0.478 e. The van der Waals surface area contributed by atoms with Crippen LogP contribution in [0.3, 0.4) is 0 Å². The number of hydrogen-bond acceptors (Lipinski definition) is 4. The number of furan rings is 1. The van der Waals surface area contributed by atoms with E-state index in [0.717, 1.165) is 0 Å². The van der Waals surface area contributed by atoms with E-state index in [9.17, 15) is 4.79 Å². The summed E-state index contributed by atoms with van der Waals surface area (Å²) in [5.41, 5.74) is 0.691. The number of hydrogen-bond donors (Lipinski definition) is 1. The van der Waals surface area contributed by atoms with Crippen LogP contribution in [0.2, 0.25) is 0 Å². The maximum atomic E-state index is 10.9. The molecule has 0 aliphatic carbocycles. The number of benzene rings is 1. The summed E-state index contributed by atoms with van der Waals surface area (Å²) in [6.45, 7) is 0. The van der Waals surface area contributed by atoms with Gasteiger partial charge in [-0.25, -0.2) is 4.79 Å². The summed E-state index contributed by atoms with van der Waals surface area (Å²) < 4.78 is 5.03. The molecule has 0 saturated heterocycles. The molecule has 0 aliphatic heterocycles. The first kappa shape index (κ1) is 11.8. The molecule has 0 fully saturated rings. The van der Waals surface area contributed by atoms with Crippen molar-refractivity contribution in [2.75, 3.05) is 0 Å². The molecule has 0 spiro atoms. The molecule has 0 atom stereocenters. The van der Waals surface area contributed by atoms with Gasteiger partial charge in [-0.3, -0.25) is 0 Å². The Hall–Kier alpha value is -2.69. The Morgan fingerprint density at radius 2 is 1.89 bits per heavy atom. The minimum atomic E-state index is -0.993. The molecule has 0 bridgehead atoms. The van der Waals surface area contributed by atoms with Crippen molar-refractivity contribution in [3.63, 3.8) is 0 Å². The predicted octanol–water partition coefficient (Wildman–Crippen LogP) is 2.43. The topological polar surface area (TPSA) is 75.2 Å². The Morgan fingerprint density at radius 3 is 2.61 bits per heavy atom. The second kappa shape index (κ2) is 5.58. The molecule has 0 aliphatic rings. The van der Waals surface area contributed by atoms with Crippen molar-refractivity contribution < 1.29 is 14.3 Å². The van der Waals surface area contributed by atoms with Gasteiger partial charge >= 0.3 is 5.97 Å². The van der Waals surface area contributed by atoms with E-state index in [-0.39, 0.29) is 5.56 Å². The summed E-state index contributed by atoms with van der Waals surface area (Å²) in [6.07, 6.45) is 4.37. The summed E-state index contributed by atoms with van der Waals surface area (Å²) in [6, 6.07) is 10.1. The fourth-order valence-corrected chi connectivity index (χ4v) is 1.35. The summed E-state index contributed by atoms with van der Waals surface area (Å²) in [4.78, 5) is 10.9. The zero-order valence-corrected chi connectivity index (χ0v) is 9.35. The average Bonchev–Trinajstić information content (AvgIpc) is 2.88. The lowest BCUT2D eigenvalue weighted by molar-refractivity contribution is 0.0697. The van der Waals surface area contributed by atoms with E-state index in [2.05, 4.69) is 10.2 Å².